The monoisotopic (exact) mass is 257 g/mol. The second-order valence-corrected chi connectivity index (χ2v) is 4.93. The first-order chi connectivity index (χ1) is 7.83. The maximum absolute atomic E-state index is 11.8. The lowest BCUT2D eigenvalue weighted by Gasteiger charge is -2.19. The summed E-state index contributed by atoms with van der Waals surface area (Å²) in [4.78, 5) is 17.0. The van der Waals surface area contributed by atoms with Crippen molar-refractivity contribution in [1.29, 1.82) is 0 Å². The third-order valence-corrected chi connectivity index (χ3v) is 2.09. The van der Waals surface area contributed by atoms with Crippen LogP contribution in [-0.2, 0) is 4.84 Å². The third-order valence-electron chi connectivity index (χ3n) is 1.86. The molecule has 5 heteroatoms. The van der Waals surface area contributed by atoms with Gasteiger partial charge in [0.1, 0.15) is 5.75 Å². The first kappa shape index (κ1) is 13.8. The van der Waals surface area contributed by atoms with Gasteiger partial charge in [0.05, 0.1) is 18.3 Å². The Labute approximate surface area is 106 Å². The van der Waals surface area contributed by atoms with E-state index in [0.717, 1.165) is 0 Å². The topological polar surface area (TPSA) is 47.6 Å². The Bertz CT molecular complexity index is 413. The lowest BCUT2D eigenvalue weighted by molar-refractivity contribution is -0.0590. The highest BCUT2D eigenvalue weighted by Gasteiger charge is 2.17. The van der Waals surface area contributed by atoms with Crippen LogP contribution in [0.4, 0.5) is 0 Å². The quantitative estimate of drug-likeness (QED) is 0.847. The molecule has 0 radical (unpaired) electrons. The van der Waals surface area contributed by atoms with Crippen LogP contribution in [0.15, 0.2) is 18.2 Å². The fraction of sp³-hybridized carbons (Fsp3) is 0.417. The lowest BCUT2D eigenvalue weighted by atomic mass is 10.2. The van der Waals surface area contributed by atoms with Crippen LogP contribution >= 0.6 is 11.6 Å². The van der Waals surface area contributed by atoms with E-state index in [1.807, 2.05) is 20.8 Å². The number of methoxy groups -OCH3 is 1. The Hall–Kier alpha value is -1.26. The summed E-state index contributed by atoms with van der Waals surface area (Å²) >= 11 is 5.83. The molecule has 0 aliphatic rings. The number of benzene rings is 1. The number of rotatable bonds is 3. The molecule has 0 atom stereocenters. The van der Waals surface area contributed by atoms with Gasteiger partial charge in [-0.1, -0.05) is 11.6 Å². The van der Waals surface area contributed by atoms with Crippen LogP contribution in [0.2, 0.25) is 5.02 Å². The van der Waals surface area contributed by atoms with Gasteiger partial charge in [-0.15, -0.1) is 0 Å². The van der Waals surface area contributed by atoms with Gasteiger partial charge >= 0.3 is 0 Å². The first-order valence-electron chi connectivity index (χ1n) is 5.15. The fourth-order valence-corrected chi connectivity index (χ4v) is 1.28. The van der Waals surface area contributed by atoms with Crippen molar-refractivity contribution in [3.8, 4) is 5.75 Å². The van der Waals surface area contributed by atoms with Crippen molar-refractivity contribution in [1.82, 2.24) is 5.48 Å². The van der Waals surface area contributed by atoms with Crippen molar-refractivity contribution in [3.63, 3.8) is 0 Å². The summed E-state index contributed by atoms with van der Waals surface area (Å²) in [7, 11) is 1.49. The summed E-state index contributed by atoms with van der Waals surface area (Å²) in [5, 5.41) is 0.465. The van der Waals surface area contributed by atoms with E-state index in [1.165, 1.54) is 13.2 Å². The number of amides is 1. The number of carbonyl (C=O) groups is 1. The predicted molar refractivity (Wildman–Crippen MR) is 66.3 cm³/mol. The minimum absolute atomic E-state index is 0.337. The van der Waals surface area contributed by atoms with Crippen LogP contribution in [0.1, 0.15) is 31.1 Å². The molecule has 0 aromatic heterocycles. The van der Waals surface area contributed by atoms with Gasteiger partial charge in [-0.2, -0.15) is 0 Å². The van der Waals surface area contributed by atoms with Crippen molar-refractivity contribution >= 4 is 17.5 Å². The Balaban J connectivity index is 2.84. The number of hydroxylamine groups is 1. The Morgan fingerprint density at radius 3 is 2.53 bits per heavy atom. The summed E-state index contributed by atoms with van der Waals surface area (Å²) in [6.45, 7) is 5.51. The predicted octanol–water partition coefficient (Wildman–Crippen LogP) is 2.81. The van der Waals surface area contributed by atoms with Crippen molar-refractivity contribution in [2.75, 3.05) is 7.11 Å². The van der Waals surface area contributed by atoms with E-state index in [4.69, 9.17) is 21.2 Å². The first-order valence-corrected chi connectivity index (χ1v) is 5.53. The van der Waals surface area contributed by atoms with E-state index in [-0.39, 0.29) is 5.91 Å². The van der Waals surface area contributed by atoms with Crippen LogP contribution in [0.3, 0.4) is 0 Å². The molecule has 0 fully saturated rings. The average Bonchev–Trinajstić information content (AvgIpc) is 2.25. The third kappa shape index (κ3) is 4.24. The number of hydrogen-bond acceptors (Lipinski definition) is 3. The maximum Gasteiger partial charge on any atom is 0.278 e. The molecular weight excluding hydrogens is 242 g/mol. The highest BCUT2D eigenvalue weighted by molar-refractivity contribution is 6.31. The Morgan fingerprint density at radius 2 is 2.00 bits per heavy atom. The molecule has 0 aliphatic heterocycles. The molecule has 0 unspecified atom stereocenters. The van der Waals surface area contributed by atoms with Gasteiger partial charge in [0.15, 0.2) is 0 Å². The normalized spacial score (nSPS) is 11.1. The molecule has 4 nitrogen and oxygen atoms in total. The summed E-state index contributed by atoms with van der Waals surface area (Å²) in [6, 6.07) is 4.82. The lowest BCUT2D eigenvalue weighted by Crippen LogP contribution is -2.33. The molecule has 0 aliphatic carbocycles. The Kier molecular flexibility index (Phi) is 4.37. The fourth-order valence-electron chi connectivity index (χ4n) is 1.11. The van der Waals surface area contributed by atoms with Gasteiger partial charge in [-0.3, -0.25) is 9.63 Å². The smallest absolute Gasteiger partial charge is 0.278 e. The van der Waals surface area contributed by atoms with E-state index in [2.05, 4.69) is 5.48 Å². The SMILES string of the molecule is COc1ccc(Cl)cc1C(=O)NOC(C)(C)C. The van der Waals surface area contributed by atoms with Crippen molar-refractivity contribution < 1.29 is 14.4 Å². The number of hydrogen-bond donors (Lipinski definition) is 1. The van der Waals surface area contributed by atoms with Gasteiger partial charge in [-0.25, -0.2) is 5.48 Å². The molecule has 94 valence electrons. The van der Waals surface area contributed by atoms with Gasteiger partial charge in [0.25, 0.3) is 5.91 Å². The largest absolute Gasteiger partial charge is 0.496 e. The highest BCUT2D eigenvalue weighted by Crippen LogP contribution is 2.22. The van der Waals surface area contributed by atoms with Gasteiger partial charge in [0.2, 0.25) is 0 Å². The van der Waals surface area contributed by atoms with E-state index in [1.54, 1.807) is 12.1 Å². The second-order valence-electron chi connectivity index (χ2n) is 4.49. The second kappa shape index (κ2) is 5.38. The van der Waals surface area contributed by atoms with Crippen molar-refractivity contribution in [2.45, 2.75) is 26.4 Å². The van der Waals surface area contributed by atoms with E-state index >= 15 is 0 Å². The molecule has 1 aromatic carbocycles. The number of carbonyl (C=O) groups excluding carboxylic acids is 1. The molecule has 0 heterocycles. The molecule has 17 heavy (non-hydrogen) atoms. The molecule has 1 aromatic rings. The molecule has 0 bridgehead atoms. The number of halogens is 1. The molecule has 1 amide bonds. The van der Waals surface area contributed by atoms with E-state index in [9.17, 15) is 4.79 Å². The standard InChI is InChI=1S/C12H16ClNO3/c1-12(2,3)17-14-11(15)9-7-8(13)5-6-10(9)16-4/h5-7H,1-4H3,(H,14,15). The molecule has 0 spiro atoms. The zero-order chi connectivity index (χ0) is 13.1. The number of nitrogens with one attached hydrogen (secondary N) is 1. The van der Waals surface area contributed by atoms with Gasteiger partial charge < -0.3 is 4.74 Å². The van der Waals surface area contributed by atoms with Gasteiger partial charge in [0, 0.05) is 5.02 Å². The van der Waals surface area contributed by atoms with Gasteiger partial charge in [-0.05, 0) is 39.0 Å². The summed E-state index contributed by atoms with van der Waals surface area (Å²) < 4.78 is 5.08. The molecular formula is C12H16ClNO3. The minimum atomic E-state index is -0.457. The van der Waals surface area contributed by atoms with Crippen LogP contribution in [0.25, 0.3) is 0 Å². The van der Waals surface area contributed by atoms with Crippen LogP contribution < -0.4 is 10.2 Å². The zero-order valence-electron chi connectivity index (χ0n) is 10.3. The van der Waals surface area contributed by atoms with Crippen molar-refractivity contribution in [3.05, 3.63) is 28.8 Å². The zero-order valence-corrected chi connectivity index (χ0v) is 11.1. The minimum Gasteiger partial charge on any atom is -0.496 e. The van der Waals surface area contributed by atoms with Crippen LogP contribution in [0, 0.1) is 0 Å². The molecule has 1 rings (SSSR count). The highest BCUT2D eigenvalue weighted by atomic mass is 35.5. The Morgan fingerprint density at radius 1 is 1.35 bits per heavy atom. The molecule has 0 saturated heterocycles. The molecule has 1 N–H and O–H groups in total. The maximum atomic E-state index is 11.8. The summed E-state index contributed by atoms with van der Waals surface area (Å²) in [5.74, 6) is 0.0590. The van der Waals surface area contributed by atoms with Crippen LogP contribution in [0.5, 0.6) is 5.75 Å². The summed E-state index contributed by atoms with van der Waals surface area (Å²) in [5.41, 5.74) is 2.24. The molecule has 0 saturated carbocycles. The average molecular weight is 258 g/mol. The number of ether oxygens (including phenoxy) is 1. The van der Waals surface area contributed by atoms with E-state index in [0.29, 0.717) is 16.3 Å². The van der Waals surface area contributed by atoms with E-state index < -0.39 is 5.60 Å². The van der Waals surface area contributed by atoms with Crippen molar-refractivity contribution in [2.24, 2.45) is 0 Å². The van der Waals surface area contributed by atoms with Crippen LogP contribution in [-0.4, -0.2) is 18.6 Å². The summed E-state index contributed by atoms with van der Waals surface area (Å²) in [6.07, 6.45) is 0.